The number of nitrogens with two attached hydrogens (primary N) is 1. The molecule has 0 amide bonds. The van der Waals surface area contributed by atoms with Gasteiger partial charge in [0.15, 0.2) is 0 Å². The first-order valence-corrected chi connectivity index (χ1v) is 2.54. The van der Waals surface area contributed by atoms with E-state index in [4.69, 9.17) is 5.73 Å². The van der Waals surface area contributed by atoms with Gasteiger partial charge in [-0.3, -0.25) is 4.99 Å². The number of hydrogen-bond acceptors (Lipinski definition) is 3. The van der Waals surface area contributed by atoms with Gasteiger partial charge in [0.2, 0.25) is 0 Å². The zero-order valence-electron chi connectivity index (χ0n) is 5.57. The zero-order chi connectivity index (χ0) is 7.11. The van der Waals surface area contributed by atoms with Crippen molar-refractivity contribution in [3.63, 3.8) is 0 Å². The van der Waals surface area contributed by atoms with Crippen LogP contribution in [0, 0.1) is 0 Å². The first-order chi connectivity index (χ1) is 4.31. The van der Waals surface area contributed by atoms with Crippen LogP contribution in [-0.4, -0.2) is 25.3 Å². The van der Waals surface area contributed by atoms with E-state index < -0.39 is 0 Å². The quantitative estimate of drug-likeness (QED) is 0.317. The highest BCUT2D eigenvalue weighted by Gasteiger charge is 1.75. The van der Waals surface area contributed by atoms with Gasteiger partial charge in [0.1, 0.15) is 5.84 Å². The smallest absolute Gasteiger partial charge is 0.138 e. The van der Waals surface area contributed by atoms with Gasteiger partial charge in [-0.15, -0.1) is 0 Å². The Kier molecular flexibility index (Phi) is 4.30. The largest absolute Gasteiger partial charge is 0.383 e. The van der Waals surface area contributed by atoms with Gasteiger partial charge in [-0.1, -0.05) is 0 Å². The summed E-state index contributed by atoms with van der Waals surface area (Å²) in [6, 6.07) is 0. The minimum Gasteiger partial charge on any atom is -0.383 e. The lowest BCUT2D eigenvalue weighted by molar-refractivity contribution is 1.26. The summed E-state index contributed by atoms with van der Waals surface area (Å²) in [4.78, 5) is 3.63. The van der Waals surface area contributed by atoms with Crippen molar-refractivity contribution in [3.05, 3.63) is 0 Å². The summed E-state index contributed by atoms with van der Waals surface area (Å²) in [5, 5.41) is 7.09. The first kappa shape index (κ1) is 7.81. The molecule has 0 aliphatic rings. The molecule has 2 N–H and O–H groups in total. The van der Waals surface area contributed by atoms with E-state index in [9.17, 15) is 0 Å². The van der Waals surface area contributed by atoms with Gasteiger partial charge in [0, 0.05) is 13.3 Å². The normalized spacial score (nSPS) is 13.8. The molecule has 4 nitrogen and oxygen atoms in total. The number of rotatable bonds is 2. The molecule has 0 unspecified atom stereocenters. The molecule has 0 aromatic heterocycles. The maximum atomic E-state index is 5.24. The van der Waals surface area contributed by atoms with Gasteiger partial charge in [0.25, 0.3) is 0 Å². The van der Waals surface area contributed by atoms with Crippen LogP contribution in [0.2, 0.25) is 0 Å². The summed E-state index contributed by atoms with van der Waals surface area (Å²) in [6.07, 6.45) is 2.96. The van der Waals surface area contributed by atoms with Crippen molar-refractivity contribution in [2.45, 2.75) is 6.92 Å². The lowest BCUT2D eigenvalue weighted by atomic mass is 10.7. The third kappa shape index (κ3) is 4.67. The zero-order valence-corrected chi connectivity index (χ0v) is 5.57. The molecule has 0 atom stereocenters. The van der Waals surface area contributed by atoms with Gasteiger partial charge in [-0.25, -0.2) is 0 Å². The van der Waals surface area contributed by atoms with Crippen LogP contribution in [0.15, 0.2) is 15.2 Å². The van der Waals surface area contributed by atoms with Crippen molar-refractivity contribution in [2.75, 3.05) is 7.05 Å². The van der Waals surface area contributed by atoms with Crippen LogP contribution in [-0.2, 0) is 0 Å². The summed E-state index contributed by atoms with van der Waals surface area (Å²) in [5.41, 5.74) is 5.24. The predicted octanol–water partition coefficient (Wildman–Crippen LogP) is 0.0499. The Bertz CT molecular complexity index is 145. The topological polar surface area (TPSA) is 63.1 Å². The Morgan fingerprint density at radius 3 is 2.56 bits per heavy atom. The molecule has 0 fully saturated rings. The number of aliphatic imine (C=N–C) groups is 1. The summed E-state index contributed by atoms with van der Waals surface area (Å²) in [5.74, 6) is 0.376. The number of hydrogen-bond donors (Lipinski definition) is 1. The van der Waals surface area contributed by atoms with Gasteiger partial charge < -0.3 is 5.73 Å². The van der Waals surface area contributed by atoms with Crippen molar-refractivity contribution >= 4 is 18.3 Å². The molecule has 0 aromatic rings. The van der Waals surface area contributed by atoms with Crippen LogP contribution in [0.1, 0.15) is 6.92 Å². The average molecular weight is 126 g/mol. The molecule has 0 bridgehead atoms. The third-order valence-corrected chi connectivity index (χ3v) is 0.630. The highest BCUT2D eigenvalue weighted by Crippen LogP contribution is 1.65. The van der Waals surface area contributed by atoms with Crippen LogP contribution in [0.25, 0.3) is 0 Å². The standard InChI is InChI=1S/C5H10N4/c1-3-8-9-4-5(6)7-2/h3-4H,1-2H3,(H2,6,7)/b8-3+,9-4+. The fraction of sp³-hybridized carbons (Fsp3) is 0.400. The van der Waals surface area contributed by atoms with Crippen molar-refractivity contribution < 1.29 is 0 Å². The van der Waals surface area contributed by atoms with Crippen LogP contribution in [0.3, 0.4) is 0 Å². The summed E-state index contributed by atoms with van der Waals surface area (Å²) in [6.45, 7) is 1.77. The molecular weight excluding hydrogens is 116 g/mol. The van der Waals surface area contributed by atoms with Crippen LogP contribution < -0.4 is 5.73 Å². The lowest BCUT2D eigenvalue weighted by Crippen LogP contribution is -2.11. The Morgan fingerprint density at radius 1 is 1.44 bits per heavy atom. The van der Waals surface area contributed by atoms with Crippen molar-refractivity contribution in [1.82, 2.24) is 0 Å². The molecule has 4 heteroatoms. The fourth-order valence-electron chi connectivity index (χ4n) is 0.217. The molecular formula is C5H10N4. The van der Waals surface area contributed by atoms with Gasteiger partial charge >= 0.3 is 0 Å². The Morgan fingerprint density at radius 2 is 2.11 bits per heavy atom. The Hall–Kier alpha value is -1.19. The molecule has 0 spiro atoms. The molecule has 0 aliphatic heterocycles. The van der Waals surface area contributed by atoms with Crippen molar-refractivity contribution in [2.24, 2.45) is 20.9 Å². The molecule has 0 radical (unpaired) electrons. The maximum absolute atomic E-state index is 5.24. The van der Waals surface area contributed by atoms with E-state index in [-0.39, 0.29) is 0 Å². The molecule has 0 saturated heterocycles. The van der Waals surface area contributed by atoms with E-state index in [1.807, 2.05) is 0 Å². The van der Waals surface area contributed by atoms with Crippen molar-refractivity contribution in [3.8, 4) is 0 Å². The van der Waals surface area contributed by atoms with E-state index in [1.54, 1.807) is 20.2 Å². The van der Waals surface area contributed by atoms with Gasteiger partial charge in [-0.2, -0.15) is 10.2 Å². The summed E-state index contributed by atoms with van der Waals surface area (Å²) >= 11 is 0. The molecule has 0 saturated carbocycles. The molecule has 0 aliphatic carbocycles. The van der Waals surface area contributed by atoms with Crippen LogP contribution >= 0.6 is 0 Å². The molecule has 0 aromatic carbocycles. The second-order valence-corrected chi connectivity index (χ2v) is 1.27. The number of amidine groups is 1. The van der Waals surface area contributed by atoms with Crippen molar-refractivity contribution in [1.29, 1.82) is 0 Å². The first-order valence-electron chi connectivity index (χ1n) is 2.54. The monoisotopic (exact) mass is 126 g/mol. The van der Waals surface area contributed by atoms with E-state index in [2.05, 4.69) is 15.2 Å². The van der Waals surface area contributed by atoms with E-state index >= 15 is 0 Å². The minimum absolute atomic E-state index is 0.376. The average Bonchev–Trinajstić information content (AvgIpc) is 1.89. The maximum Gasteiger partial charge on any atom is 0.138 e. The lowest BCUT2D eigenvalue weighted by Gasteiger charge is -1.81. The summed E-state index contributed by atoms with van der Waals surface area (Å²) in [7, 11) is 1.59. The second-order valence-electron chi connectivity index (χ2n) is 1.27. The second kappa shape index (κ2) is 4.96. The fourth-order valence-corrected chi connectivity index (χ4v) is 0.217. The Labute approximate surface area is 54.2 Å². The molecule has 0 rings (SSSR count). The SMILES string of the molecule is C/C=N/N=C/C(N)=NC. The summed E-state index contributed by atoms with van der Waals surface area (Å²) < 4.78 is 0. The number of nitrogens with zero attached hydrogens (tertiary/aromatic N) is 3. The highest BCUT2D eigenvalue weighted by molar-refractivity contribution is 6.28. The Balaban J connectivity index is 3.71. The van der Waals surface area contributed by atoms with Gasteiger partial charge in [-0.05, 0) is 6.92 Å². The van der Waals surface area contributed by atoms with Crippen LogP contribution in [0.5, 0.6) is 0 Å². The minimum atomic E-state index is 0.376. The van der Waals surface area contributed by atoms with Gasteiger partial charge in [0.05, 0.1) is 6.21 Å². The third-order valence-electron chi connectivity index (χ3n) is 0.630. The van der Waals surface area contributed by atoms with E-state index in [1.165, 1.54) is 6.21 Å². The molecule has 50 valence electrons. The van der Waals surface area contributed by atoms with E-state index in [0.29, 0.717) is 5.84 Å². The van der Waals surface area contributed by atoms with E-state index in [0.717, 1.165) is 0 Å². The predicted molar refractivity (Wildman–Crippen MR) is 40.2 cm³/mol. The highest BCUT2D eigenvalue weighted by atomic mass is 15.2. The molecule has 9 heavy (non-hydrogen) atoms. The molecule has 0 heterocycles. The van der Waals surface area contributed by atoms with Crippen LogP contribution in [0.4, 0.5) is 0 Å².